The van der Waals surface area contributed by atoms with E-state index in [-0.39, 0.29) is 34.1 Å². The number of benzene rings is 1. The molecule has 2 amide bonds. The molecule has 102 valence electrons. The van der Waals surface area contributed by atoms with Crippen LogP contribution in [-0.2, 0) is 9.59 Å². The first-order valence-corrected chi connectivity index (χ1v) is 6.45. The van der Waals surface area contributed by atoms with Crippen molar-refractivity contribution in [1.29, 1.82) is 0 Å². The molecule has 4 nitrogen and oxygen atoms in total. The van der Waals surface area contributed by atoms with Crippen LogP contribution in [0, 0.1) is 5.82 Å². The van der Waals surface area contributed by atoms with Crippen molar-refractivity contribution in [3.05, 3.63) is 28.0 Å². The normalized spacial score (nSPS) is 19.6. The van der Waals surface area contributed by atoms with E-state index in [1.165, 1.54) is 4.90 Å². The van der Waals surface area contributed by atoms with Crippen molar-refractivity contribution in [1.82, 2.24) is 5.32 Å². The molecule has 1 saturated heterocycles. The topological polar surface area (TPSA) is 49.4 Å². The highest BCUT2D eigenvalue weighted by Gasteiger charge is 2.36. The summed E-state index contributed by atoms with van der Waals surface area (Å²) in [6.45, 7) is 1.64. The Balaban J connectivity index is 2.54. The van der Waals surface area contributed by atoms with Crippen LogP contribution in [0.2, 0.25) is 10.0 Å². The smallest absolute Gasteiger partial charge is 0.247 e. The Morgan fingerprint density at radius 1 is 1.37 bits per heavy atom. The van der Waals surface area contributed by atoms with Crippen molar-refractivity contribution < 1.29 is 14.0 Å². The van der Waals surface area contributed by atoms with Gasteiger partial charge in [0.1, 0.15) is 11.9 Å². The molecule has 1 aliphatic heterocycles. The van der Waals surface area contributed by atoms with Gasteiger partial charge in [0.25, 0.3) is 0 Å². The van der Waals surface area contributed by atoms with Crippen LogP contribution >= 0.6 is 23.2 Å². The van der Waals surface area contributed by atoms with Crippen molar-refractivity contribution in [3.8, 4) is 0 Å². The summed E-state index contributed by atoms with van der Waals surface area (Å²) in [5.41, 5.74) is 0.177. The molecule has 1 aromatic rings. The van der Waals surface area contributed by atoms with Gasteiger partial charge in [-0.15, -0.1) is 0 Å². The van der Waals surface area contributed by atoms with E-state index >= 15 is 0 Å². The summed E-state index contributed by atoms with van der Waals surface area (Å²) < 4.78 is 13.2. The monoisotopic (exact) mass is 304 g/mol. The Kier molecular flexibility index (Phi) is 3.96. The second-order valence-corrected chi connectivity index (χ2v) is 4.94. The Morgan fingerprint density at radius 3 is 2.47 bits per heavy atom. The zero-order valence-corrected chi connectivity index (χ0v) is 11.6. The van der Waals surface area contributed by atoms with Gasteiger partial charge in [-0.2, -0.15) is 0 Å². The lowest BCUT2D eigenvalue weighted by Crippen LogP contribution is -2.58. The number of hydrogen-bond donors (Lipinski definition) is 1. The first kappa shape index (κ1) is 14.1. The lowest BCUT2D eigenvalue weighted by molar-refractivity contribution is -0.131. The third kappa shape index (κ3) is 2.53. The summed E-state index contributed by atoms with van der Waals surface area (Å²) >= 11 is 11.9. The number of carbonyl (C=O) groups is 2. The fourth-order valence-corrected chi connectivity index (χ4v) is 2.71. The molecule has 2 rings (SSSR count). The van der Waals surface area contributed by atoms with E-state index in [0.717, 1.165) is 12.1 Å². The van der Waals surface area contributed by atoms with Crippen LogP contribution in [0.15, 0.2) is 12.1 Å². The van der Waals surface area contributed by atoms with Crippen LogP contribution in [0.5, 0.6) is 0 Å². The summed E-state index contributed by atoms with van der Waals surface area (Å²) in [7, 11) is 0. The molecule has 1 atom stereocenters. The Hall–Kier alpha value is -1.33. The van der Waals surface area contributed by atoms with E-state index in [2.05, 4.69) is 5.32 Å². The molecule has 0 aliphatic carbocycles. The molecule has 0 radical (unpaired) electrons. The van der Waals surface area contributed by atoms with E-state index in [1.807, 2.05) is 0 Å². The van der Waals surface area contributed by atoms with Crippen molar-refractivity contribution in [2.45, 2.75) is 19.4 Å². The molecule has 0 saturated carbocycles. The van der Waals surface area contributed by atoms with E-state index in [1.54, 1.807) is 6.92 Å². The molecule has 1 aliphatic rings. The summed E-state index contributed by atoms with van der Waals surface area (Å²) in [5, 5.41) is 2.50. The number of anilines is 1. The van der Waals surface area contributed by atoms with Crippen LogP contribution in [0.1, 0.15) is 13.3 Å². The van der Waals surface area contributed by atoms with Gasteiger partial charge in [-0.1, -0.05) is 30.1 Å². The van der Waals surface area contributed by atoms with Crippen molar-refractivity contribution in [2.24, 2.45) is 0 Å². The number of nitrogens with one attached hydrogen (secondary N) is 1. The molecule has 0 bridgehead atoms. The molecular formula is C12H11Cl2FN2O2. The highest BCUT2D eigenvalue weighted by molar-refractivity contribution is 6.40. The molecule has 1 unspecified atom stereocenters. The van der Waals surface area contributed by atoms with Crippen LogP contribution in [0.4, 0.5) is 10.1 Å². The minimum absolute atomic E-state index is 0.00602. The van der Waals surface area contributed by atoms with Crippen LogP contribution in [0.25, 0.3) is 0 Å². The highest BCUT2D eigenvalue weighted by Crippen LogP contribution is 2.37. The number of hydrogen-bond acceptors (Lipinski definition) is 2. The van der Waals surface area contributed by atoms with Gasteiger partial charge in [-0.25, -0.2) is 4.39 Å². The van der Waals surface area contributed by atoms with Crippen molar-refractivity contribution in [2.75, 3.05) is 11.4 Å². The standard InChI is InChI=1S/C12H11Cl2FN2O2/c1-2-9-12(19)16-5-10(18)17(9)11-7(13)3-6(15)4-8(11)14/h3-4,9H,2,5H2,1H3,(H,16,19). The van der Waals surface area contributed by atoms with Crippen LogP contribution in [0.3, 0.4) is 0 Å². The molecule has 1 heterocycles. The lowest BCUT2D eigenvalue weighted by atomic mass is 10.1. The quantitative estimate of drug-likeness (QED) is 0.912. The number of carbonyl (C=O) groups excluding carboxylic acids is 2. The Bertz CT molecular complexity index is 528. The number of amides is 2. The molecule has 7 heteroatoms. The third-order valence-corrected chi connectivity index (χ3v) is 3.48. The fraction of sp³-hybridized carbons (Fsp3) is 0.333. The second-order valence-electron chi connectivity index (χ2n) is 4.12. The highest BCUT2D eigenvalue weighted by atomic mass is 35.5. The summed E-state index contributed by atoms with van der Waals surface area (Å²) in [6, 6.07) is 1.44. The maximum atomic E-state index is 13.2. The van der Waals surface area contributed by atoms with Crippen molar-refractivity contribution in [3.63, 3.8) is 0 Å². The maximum Gasteiger partial charge on any atom is 0.247 e. The Labute approximate surface area is 119 Å². The first-order chi connectivity index (χ1) is 8.95. The van der Waals surface area contributed by atoms with Gasteiger partial charge in [-0.3, -0.25) is 14.5 Å². The van der Waals surface area contributed by atoms with E-state index in [4.69, 9.17) is 23.2 Å². The minimum Gasteiger partial charge on any atom is -0.345 e. The Morgan fingerprint density at radius 2 is 1.95 bits per heavy atom. The predicted octanol–water partition coefficient (Wildman–Crippen LogP) is 2.37. The zero-order chi connectivity index (χ0) is 14.2. The summed E-state index contributed by atoms with van der Waals surface area (Å²) in [5.74, 6) is -1.21. The number of rotatable bonds is 2. The largest absolute Gasteiger partial charge is 0.345 e. The average molecular weight is 305 g/mol. The predicted molar refractivity (Wildman–Crippen MR) is 71.0 cm³/mol. The van der Waals surface area contributed by atoms with Gasteiger partial charge in [0.15, 0.2) is 0 Å². The molecule has 1 N–H and O–H groups in total. The van der Waals surface area contributed by atoms with Gasteiger partial charge in [-0.05, 0) is 18.6 Å². The van der Waals surface area contributed by atoms with E-state index in [9.17, 15) is 14.0 Å². The third-order valence-electron chi connectivity index (χ3n) is 2.91. The van der Waals surface area contributed by atoms with Gasteiger partial charge < -0.3 is 5.32 Å². The maximum absolute atomic E-state index is 13.2. The van der Waals surface area contributed by atoms with E-state index in [0.29, 0.717) is 6.42 Å². The van der Waals surface area contributed by atoms with Gasteiger partial charge in [0, 0.05) is 0 Å². The molecule has 0 spiro atoms. The van der Waals surface area contributed by atoms with Gasteiger partial charge in [0.2, 0.25) is 11.8 Å². The first-order valence-electron chi connectivity index (χ1n) is 5.70. The van der Waals surface area contributed by atoms with Crippen LogP contribution < -0.4 is 10.2 Å². The van der Waals surface area contributed by atoms with E-state index < -0.39 is 11.9 Å². The van der Waals surface area contributed by atoms with Gasteiger partial charge >= 0.3 is 0 Å². The molecule has 1 aromatic carbocycles. The zero-order valence-electron chi connectivity index (χ0n) is 10.0. The second kappa shape index (κ2) is 5.35. The molecule has 1 fully saturated rings. The molecular weight excluding hydrogens is 294 g/mol. The molecule has 19 heavy (non-hydrogen) atoms. The number of piperazine rings is 1. The summed E-state index contributed by atoms with van der Waals surface area (Å²) in [4.78, 5) is 25.0. The summed E-state index contributed by atoms with van der Waals surface area (Å²) in [6.07, 6.45) is 0.404. The van der Waals surface area contributed by atoms with Crippen molar-refractivity contribution >= 4 is 40.7 Å². The average Bonchev–Trinajstić information content (AvgIpc) is 2.32. The number of halogens is 3. The van der Waals surface area contributed by atoms with Crippen LogP contribution in [-0.4, -0.2) is 24.4 Å². The lowest BCUT2D eigenvalue weighted by Gasteiger charge is -2.35. The number of nitrogens with zero attached hydrogens (tertiary/aromatic N) is 1. The molecule has 0 aromatic heterocycles. The minimum atomic E-state index is -0.693. The SMILES string of the molecule is CCC1C(=O)NCC(=O)N1c1c(Cl)cc(F)cc1Cl. The van der Waals surface area contributed by atoms with Gasteiger partial charge in [0.05, 0.1) is 22.3 Å². The fourth-order valence-electron chi connectivity index (χ4n) is 2.07.